The van der Waals surface area contributed by atoms with Crippen molar-refractivity contribution in [1.29, 1.82) is 0 Å². The van der Waals surface area contributed by atoms with Gasteiger partial charge in [0.15, 0.2) is 0 Å². The molecule has 2 aliphatic rings. The fourth-order valence-corrected chi connectivity index (χ4v) is 5.06. The van der Waals surface area contributed by atoms with E-state index in [-0.39, 0.29) is 6.10 Å². The molecule has 106 valence electrons. The molecule has 0 radical (unpaired) electrons. The maximum atomic E-state index is 10.2. The van der Waals surface area contributed by atoms with Crippen LogP contribution in [0.2, 0.25) is 0 Å². The number of hydrogen-bond acceptors (Lipinski definition) is 3. The summed E-state index contributed by atoms with van der Waals surface area (Å²) in [6, 6.07) is 0. The van der Waals surface area contributed by atoms with Gasteiger partial charge >= 0.3 is 0 Å². The summed E-state index contributed by atoms with van der Waals surface area (Å²) in [7, 11) is 0. The molecule has 0 spiro atoms. The molecule has 18 heavy (non-hydrogen) atoms. The molecule has 0 aromatic carbocycles. The summed E-state index contributed by atoms with van der Waals surface area (Å²) in [5.41, 5.74) is 0.422. The normalized spacial score (nSPS) is 41.8. The molecular weight excluding hydrogens is 242 g/mol. The van der Waals surface area contributed by atoms with Crippen LogP contribution in [-0.2, 0) is 0 Å². The number of thioether (sulfide) groups is 1. The van der Waals surface area contributed by atoms with E-state index in [0.29, 0.717) is 11.3 Å². The maximum absolute atomic E-state index is 10.2. The lowest BCUT2D eigenvalue weighted by molar-refractivity contribution is 0.00402. The van der Waals surface area contributed by atoms with E-state index in [1.165, 1.54) is 25.9 Å². The highest BCUT2D eigenvalue weighted by Gasteiger charge is 2.35. The summed E-state index contributed by atoms with van der Waals surface area (Å²) < 4.78 is 0. The second-order valence-corrected chi connectivity index (χ2v) is 9.09. The summed E-state index contributed by atoms with van der Waals surface area (Å²) >= 11 is 2.10. The minimum absolute atomic E-state index is 0.0711. The Balaban J connectivity index is 1.91. The first-order chi connectivity index (χ1) is 8.35. The topological polar surface area (TPSA) is 23.5 Å². The van der Waals surface area contributed by atoms with Gasteiger partial charge in [-0.3, -0.25) is 0 Å². The van der Waals surface area contributed by atoms with Crippen LogP contribution in [0.4, 0.5) is 0 Å². The summed E-state index contributed by atoms with van der Waals surface area (Å²) in [6.07, 6.45) is 3.28. The van der Waals surface area contributed by atoms with Crippen molar-refractivity contribution < 1.29 is 5.11 Å². The SMILES string of the molecule is CC1CN(CC2CC(C)(C)CCC2O)CC(C)S1. The van der Waals surface area contributed by atoms with Crippen molar-refractivity contribution in [3.05, 3.63) is 0 Å². The van der Waals surface area contributed by atoms with E-state index < -0.39 is 0 Å². The molecule has 1 aliphatic heterocycles. The lowest BCUT2D eigenvalue weighted by atomic mass is 9.70. The standard InChI is InChI=1S/C15H29NOS/c1-11-8-16(9-12(2)18-11)10-13-7-15(3,4)6-5-14(13)17/h11-14,17H,5-10H2,1-4H3. The first-order valence-electron chi connectivity index (χ1n) is 7.41. The lowest BCUT2D eigenvalue weighted by Gasteiger charge is -2.43. The van der Waals surface area contributed by atoms with Crippen molar-refractivity contribution in [3.8, 4) is 0 Å². The van der Waals surface area contributed by atoms with Gasteiger partial charge < -0.3 is 10.0 Å². The van der Waals surface area contributed by atoms with Gasteiger partial charge in [0.2, 0.25) is 0 Å². The molecular formula is C15H29NOS. The van der Waals surface area contributed by atoms with E-state index >= 15 is 0 Å². The molecule has 1 saturated carbocycles. The minimum atomic E-state index is -0.0711. The number of aliphatic hydroxyl groups is 1. The predicted molar refractivity (Wildman–Crippen MR) is 80.1 cm³/mol. The summed E-state index contributed by atoms with van der Waals surface area (Å²) in [5.74, 6) is 0.483. The van der Waals surface area contributed by atoms with Crippen molar-refractivity contribution >= 4 is 11.8 Å². The van der Waals surface area contributed by atoms with E-state index in [2.05, 4.69) is 44.4 Å². The van der Waals surface area contributed by atoms with Gasteiger partial charge in [0, 0.05) is 30.1 Å². The largest absolute Gasteiger partial charge is 0.393 e. The number of nitrogens with zero attached hydrogens (tertiary/aromatic N) is 1. The molecule has 1 heterocycles. The van der Waals surface area contributed by atoms with Gasteiger partial charge in [0.25, 0.3) is 0 Å². The fraction of sp³-hybridized carbons (Fsp3) is 1.00. The number of rotatable bonds is 2. The maximum Gasteiger partial charge on any atom is 0.0581 e. The highest BCUT2D eigenvalue weighted by molar-refractivity contribution is 8.00. The van der Waals surface area contributed by atoms with Crippen molar-refractivity contribution in [1.82, 2.24) is 4.90 Å². The van der Waals surface area contributed by atoms with E-state index in [1.54, 1.807) is 0 Å². The molecule has 1 saturated heterocycles. The Labute approximate surface area is 117 Å². The van der Waals surface area contributed by atoms with Crippen LogP contribution in [0.25, 0.3) is 0 Å². The van der Waals surface area contributed by atoms with E-state index in [0.717, 1.165) is 23.5 Å². The quantitative estimate of drug-likeness (QED) is 0.835. The molecule has 2 fully saturated rings. The molecule has 2 rings (SSSR count). The molecule has 1 N–H and O–H groups in total. The average molecular weight is 271 g/mol. The molecule has 2 nitrogen and oxygen atoms in total. The second-order valence-electron chi connectivity index (χ2n) is 7.21. The van der Waals surface area contributed by atoms with Crippen LogP contribution in [0.3, 0.4) is 0 Å². The van der Waals surface area contributed by atoms with Crippen molar-refractivity contribution in [2.75, 3.05) is 19.6 Å². The molecule has 0 amide bonds. The third kappa shape index (κ3) is 3.88. The predicted octanol–water partition coefficient (Wildman–Crippen LogP) is 3.00. The number of hydrogen-bond donors (Lipinski definition) is 1. The van der Waals surface area contributed by atoms with Crippen LogP contribution in [0.15, 0.2) is 0 Å². The van der Waals surface area contributed by atoms with E-state index in [9.17, 15) is 5.11 Å². The molecule has 3 heteroatoms. The van der Waals surface area contributed by atoms with Gasteiger partial charge in [0.05, 0.1) is 6.10 Å². The van der Waals surface area contributed by atoms with E-state index in [4.69, 9.17) is 0 Å². The van der Waals surface area contributed by atoms with Gasteiger partial charge in [-0.25, -0.2) is 0 Å². The Kier molecular flexibility index (Phi) is 4.66. The first kappa shape index (κ1) is 14.7. The smallest absolute Gasteiger partial charge is 0.0581 e. The minimum Gasteiger partial charge on any atom is -0.393 e. The molecule has 4 unspecified atom stereocenters. The zero-order valence-electron chi connectivity index (χ0n) is 12.4. The molecule has 0 aromatic heterocycles. The Morgan fingerprint density at radius 3 is 2.44 bits per heavy atom. The zero-order chi connectivity index (χ0) is 13.3. The van der Waals surface area contributed by atoms with Crippen LogP contribution in [-0.4, -0.2) is 46.2 Å². The van der Waals surface area contributed by atoms with Crippen LogP contribution in [0.5, 0.6) is 0 Å². The van der Waals surface area contributed by atoms with Crippen LogP contribution in [0.1, 0.15) is 47.0 Å². The van der Waals surface area contributed by atoms with Crippen LogP contribution < -0.4 is 0 Å². The zero-order valence-corrected chi connectivity index (χ0v) is 13.2. The third-order valence-electron chi connectivity index (χ3n) is 4.46. The van der Waals surface area contributed by atoms with Crippen molar-refractivity contribution in [3.63, 3.8) is 0 Å². The number of aliphatic hydroxyl groups excluding tert-OH is 1. The average Bonchev–Trinajstić information content (AvgIpc) is 2.22. The highest BCUT2D eigenvalue weighted by Crippen LogP contribution is 2.39. The fourth-order valence-electron chi connectivity index (χ4n) is 3.67. The van der Waals surface area contributed by atoms with Gasteiger partial charge in [-0.2, -0.15) is 11.8 Å². The monoisotopic (exact) mass is 271 g/mol. The molecule has 0 bridgehead atoms. The Morgan fingerprint density at radius 1 is 1.22 bits per heavy atom. The summed E-state index contributed by atoms with van der Waals surface area (Å²) in [4.78, 5) is 2.58. The molecule has 4 atom stereocenters. The molecule has 1 aliphatic carbocycles. The third-order valence-corrected chi connectivity index (χ3v) is 5.69. The summed E-state index contributed by atoms with van der Waals surface area (Å²) in [5, 5.41) is 11.7. The van der Waals surface area contributed by atoms with Crippen molar-refractivity contribution in [2.45, 2.75) is 63.6 Å². The Hall–Kier alpha value is 0.270. The van der Waals surface area contributed by atoms with Gasteiger partial charge in [0.1, 0.15) is 0 Å². The second kappa shape index (κ2) is 5.72. The van der Waals surface area contributed by atoms with Gasteiger partial charge in [-0.15, -0.1) is 0 Å². The van der Waals surface area contributed by atoms with Crippen LogP contribution in [0, 0.1) is 11.3 Å². The van der Waals surface area contributed by atoms with Crippen molar-refractivity contribution in [2.24, 2.45) is 11.3 Å². The Morgan fingerprint density at radius 2 is 1.83 bits per heavy atom. The van der Waals surface area contributed by atoms with Gasteiger partial charge in [-0.05, 0) is 30.6 Å². The van der Waals surface area contributed by atoms with E-state index in [1.807, 2.05) is 0 Å². The lowest BCUT2D eigenvalue weighted by Crippen LogP contribution is -2.46. The molecule has 0 aromatic rings. The summed E-state index contributed by atoms with van der Waals surface area (Å²) in [6.45, 7) is 12.8. The Bertz CT molecular complexity index is 272. The first-order valence-corrected chi connectivity index (χ1v) is 8.36. The highest BCUT2D eigenvalue weighted by atomic mass is 32.2. The van der Waals surface area contributed by atoms with Gasteiger partial charge in [-0.1, -0.05) is 27.7 Å². The van der Waals surface area contributed by atoms with Crippen LogP contribution >= 0.6 is 11.8 Å².